The molecule has 0 aliphatic carbocycles. The van der Waals surface area contributed by atoms with Crippen LogP contribution in [0.1, 0.15) is 50.7 Å². The van der Waals surface area contributed by atoms with Gasteiger partial charge in [-0.25, -0.2) is 13.1 Å². The van der Waals surface area contributed by atoms with Crippen LogP contribution in [0.2, 0.25) is 0 Å². The molecule has 1 saturated heterocycles. The first kappa shape index (κ1) is 21.6. The van der Waals surface area contributed by atoms with Gasteiger partial charge in [-0.1, -0.05) is 31.2 Å². The number of sulfonamides is 1. The Morgan fingerprint density at radius 1 is 1.17 bits per heavy atom. The number of allylic oxidation sites excluding steroid dienone is 2. The number of nitrogens with one attached hydrogen (secondary N) is 2. The predicted molar refractivity (Wildman–Crippen MR) is 117 cm³/mol. The summed E-state index contributed by atoms with van der Waals surface area (Å²) in [6.07, 6.45) is 7.96. The van der Waals surface area contributed by atoms with Gasteiger partial charge in [-0.2, -0.15) is 0 Å². The van der Waals surface area contributed by atoms with Crippen LogP contribution in [0.5, 0.6) is 0 Å². The molecule has 29 heavy (non-hydrogen) atoms. The molecule has 0 bridgehead atoms. The van der Waals surface area contributed by atoms with E-state index in [1.54, 1.807) is 13.8 Å². The first-order chi connectivity index (χ1) is 13.8. The minimum Gasteiger partial charge on any atom is -0.376 e. The van der Waals surface area contributed by atoms with Crippen LogP contribution in [-0.4, -0.2) is 50.2 Å². The molecule has 2 aliphatic heterocycles. The van der Waals surface area contributed by atoms with Crippen molar-refractivity contribution in [3.05, 3.63) is 53.7 Å². The Bertz CT molecular complexity index is 882. The zero-order valence-electron chi connectivity index (χ0n) is 17.4. The second-order valence-corrected chi connectivity index (χ2v) is 10.4. The van der Waals surface area contributed by atoms with Gasteiger partial charge in [0.2, 0.25) is 15.9 Å². The van der Waals surface area contributed by atoms with E-state index in [9.17, 15) is 13.2 Å². The van der Waals surface area contributed by atoms with Crippen molar-refractivity contribution < 1.29 is 13.2 Å². The smallest absolute Gasteiger partial charge is 0.249 e. The maximum atomic E-state index is 12.7. The minimum atomic E-state index is -3.26. The Hall–Kier alpha value is -2.12. The van der Waals surface area contributed by atoms with Crippen LogP contribution in [0.4, 0.5) is 0 Å². The van der Waals surface area contributed by atoms with Crippen LogP contribution in [-0.2, 0) is 14.8 Å². The third kappa shape index (κ3) is 5.28. The lowest BCUT2D eigenvalue weighted by Crippen LogP contribution is -2.43. The lowest BCUT2D eigenvalue weighted by atomic mass is 9.96. The molecule has 2 atom stereocenters. The van der Waals surface area contributed by atoms with Gasteiger partial charge in [0.15, 0.2) is 0 Å². The molecule has 1 aromatic carbocycles. The number of amides is 1. The number of hydrogen-bond donors (Lipinski definition) is 2. The monoisotopic (exact) mass is 417 g/mol. The van der Waals surface area contributed by atoms with Gasteiger partial charge in [-0.3, -0.25) is 4.79 Å². The molecule has 0 radical (unpaired) electrons. The summed E-state index contributed by atoms with van der Waals surface area (Å²) in [5.41, 5.74) is 3.13. The minimum absolute atomic E-state index is 0.0691. The molecule has 2 heterocycles. The fraction of sp³-hybridized carbons (Fsp3) is 0.500. The number of carbonyl (C=O) groups is 1. The highest BCUT2D eigenvalue weighted by Gasteiger charge is 2.25. The van der Waals surface area contributed by atoms with Crippen LogP contribution < -0.4 is 10.0 Å². The molecule has 2 N–H and O–H groups in total. The van der Waals surface area contributed by atoms with Crippen LogP contribution >= 0.6 is 0 Å². The number of nitrogens with zero attached hydrogens (tertiary/aromatic N) is 1. The highest BCUT2D eigenvalue weighted by Crippen LogP contribution is 2.23. The molecule has 6 nitrogen and oxygen atoms in total. The molecule has 158 valence electrons. The number of dihydropyridines is 1. The molecular weight excluding hydrogens is 386 g/mol. The van der Waals surface area contributed by atoms with E-state index in [2.05, 4.69) is 10.0 Å². The maximum Gasteiger partial charge on any atom is 0.249 e. The number of likely N-dealkylation sites (tertiary alicyclic amines) is 1. The highest BCUT2D eigenvalue weighted by atomic mass is 32.2. The van der Waals surface area contributed by atoms with Crippen molar-refractivity contribution in [3.8, 4) is 0 Å². The normalized spacial score (nSPS) is 20.5. The molecule has 3 rings (SSSR count). The Kier molecular flexibility index (Phi) is 6.80. The zero-order valence-corrected chi connectivity index (χ0v) is 18.2. The Morgan fingerprint density at radius 3 is 2.45 bits per heavy atom. The van der Waals surface area contributed by atoms with Gasteiger partial charge in [0.05, 0.1) is 5.25 Å². The number of rotatable bonds is 7. The molecule has 0 spiro atoms. The highest BCUT2D eigenvalue weighted by molar-refractivity contribution is 7.90. The fourth-order valence-electron chi connectivity index (χ4n) is 3.52. The third-order valence-electron chi connectivity index (χ3n) is 5.59. The molecule has 2 aliphatic rings. The molecule has 1 aromatic rings. The molecule has 0 aromatic heterocycles. The van der Waals surface area contributed by atoms with E-state index in [4.69, 9.17) is 0 Å². The average Bonchev–Trinajstić information content (AvgIpc) is 3.26. The quantitative estimate of drug-likeness (QED) is 0.715. The summed E-state index contributed by atoms with van der Waals surface area (Å²) in [4.78, 5) is 14.6. The Labute approximate surface area is 174 Å². The van der Waals surface area contributed by atoms with Crippen molar-refractivity contribution in [2.24, 2.45) is 0 Å². The zero-order chi connectivity index (χ0) is 21.0. The Morgan fingerprint density at radius 2 is 1.83 bits per heavy atom. The second kappa shape index (κ2) is 9.13. The number of carbonyl (C=O) groups excluding carboxylic acids is 1. The topological polar surface area (TPSA) is 78.5 Å². The van der Waals surface area contributed by atoms with Crippen LogP contribution in [0.15, 0.2) is 42.6 Å². The molecule has 1 fully saturated rings. The van der Waals surface area contributed by atoms with Gasteiger partial charge in [0.1, 0.15) is 6.04 Å². The molecule has 7 heteroatoms. The molecule has 1 amide bonds. The summed E-state index contributed by atoms with van der Waals surface area (Å²) < 4.78 is 26.6. The first-order valence-corrected chi connectivity index (χ1v) is 11.8. The largest absolute Gasteiger partial charge is 0.376 e. The summed E-state index contributed by atoms with van der Waals surface area (Å²) in [7, 11) is -3.26. The maximum absolute atomic E-state index is 12.7. The average molecular weight is 418 g/mol. The lowest BCUT2D eigenvalue weighted by Gasteiger charge is -2.24. The van der Waals surface area contributed by atoms with E-state index < -0.39 is 15.3 Å². The first-order valence-electron chi connectivity index (χ1n) is 10.3. The van der Waals surface area contributed by atoms with Gasteiger partial charge >= 0.3 is 0 Å². The van der Waals surface area contributed by atoms with Gasteiger partial charge in [-0.05, 0) is 67.7 Å². The van der Waals surface area contributed by atoms with Gasteiger partial charge in [0.25, 0.3) is 0 Å². The van der Waals surface area contributed by atoms with Crippen LogP contribution in [0.3, 0.4) is 0 Å². The molecule has 0 saturated carbocycles. The molecular formula is C22H31N3O3S. The van der Waals surface area contributed by atoms with Crippen LogP contribution in [0, 0.1) is 0 Å². The summed E-state index contributed by atoms with van der Waals surface area (Å²) >= 11 is 0. The number of hydrogen-bond acceptors (Lipinski definition) is 4. The number of benzene rings is 1. The van der Waals surface area contributed by atoms with E-state index in [0.717, 1.165) is 42.6 Å². The van der Waals surface area contributed by atoms with E-state index in [1.807, 2.05) is 54.4 Å². The van der Waals surface area contributed by atoms with Gasteiger partial charge in [-0.15, -0.1) is 0 Å². The van der Waals surface area contributed by atoms with Crippen molar-refractivity contribution in [2.45, 2.75) is 50.8 Å². The van der Waals surface area contributed by atoms with Gasteiger partial charge < -0.3 is 10.2 Å². The van der Waals surface area contributed by atoms with E-state index in [1.165, 1.54) is 0 Å². The SMILES string of the molecule is CC(C)S(=O)(=O)NC[C@H](C)c1ccc(C2=CC(C(=O)N3CCCC3)NC=C2)cc1. The van der Waals surface area contributed by atoms with Crippen molar-refractivity contribution in [1.82, 2.24) is 14.9 Å². The molecule has 1 unspecified atom stereocenters. The van der Waals surface area contributed by atoms with E-state index in [0.29, 0.717) is 6.54 Å². The standard InChI is InChI=1S/C22H31N3O3S/c1-16(2)29(27,28)24-15-17(3)18-6-8-19(9-7-18)20-10-11-23-21(14-20)22(26)25-12-4-5-13-25/h6-11,14,16-17,21,23-24H,4-5,12-13,15H2,1-3H3/t17-,21?/m0/s1. The van der Waals surface area contributed by atoms with Crippen molar-refractivity contribution >= 4 is 21.5 Å². The summed E-state index contributed by atoms with van der Waals surface area (Å²) in [6.45, 7) is 7.41. The van der Waals surface area contributed by atoms with Crippen molar-refractivity contribution in [3.63, 3.8) is 0 Å². The second-order valence-electron chi connectivity index (χ2n) is 8.10. The lowest BCUT2D eigenvalue weighted by molar-refractivity contribution is -0.130. The van der Waals surface area contributed by atoms with Crippen LogP contribution in [0.25, 0.3) is 5.57 Å². The Balaban J connectivity index is 1.66. The fourth-order valence-corrected chi connectivity index (χ4v) is 4.34. The van der Waals surface area contributed by atoms with Crippen molar-refractivity contribution in [1.29, 1.82) is 0 Å². The summed E-state index contributed by atoms with van der Waals surface area (Å²) in [5, 5.41) is 2.71. The third-order valence-corrected chi connectivity index (χ3v) is 7.40. The van der Waals surface area contributed by atoms with Crippen molar-refractivity contribution in [2.75, 3.05) is 19.6 Å². The summed E-state index contributed by atoms with van der Waals surface area (Å²) in [5.74, 6) is 0.201. The van der Waals surface area contributed by atoms with Gasteiger partial charge in [0, 0.05) is 19.6 Å². The van der Waals surface area contributed by atoms with E-state index >= 15 is 0 Å². The summed E-state index contributed by atoms with van der Waals surface area (Å²) in [6, 6.07) is 7.79. The predicted octanol–water partition coefficient (Wildman–Crippen LogP) is 2.61. The van der Waals surface area contributed by atoms with E-state index in [-0.39, 0.29) is 17.9 Å².